The highest BCUT2D eigenvalue weighted by molar-refractivity contribution is 5.78. The lowest BCUT2D eigenvalue weighted by Gasteiger charge is -2.27. The first kappa shape index (κ1) is 16.6. The maximum Gasteiger partial charge on any atom is 0.227 e. The van der Waals surface area contributed by atoms with Gasteiger partial charge in [0, 0.05) is 38.4 Å². The Balaban J connectivity index is 1.38. The van der Waals surface area contributed by atoms with E-state index < -0.39 is 0 Å². The van der Waals surface area contributed by atoms with Crippen LogP contribution in [0.1, 0.15) is 22.5 Å². The van der Waals surface area contributed by atoms with Crippen LogP contribution in [-0.4, -0.2) is 36.7 Å². The van der Waals surface area contributed by atoms with Crippen LogP contribution in [0.2, 0.25) is 0 Å². The van der Waals surface area contributed by atoms with E-state index in [0.717, 1.165) is 37.2 Å². The second kappa shape index (κ2) is 7.15. The van der Waals surface area contributed by atoms with Gasteiger partial charge in [0.15, 0.2) is 0 Å². The number of benzene rings is 1. The Morgan fingerprint density at radius 1 is 1.19 bits per heavy atom. The van der Waals surface area contributed by atoms with Crippen molar-refractivity contribution in [2.75, 3.05) is 6.54 Å². The summed E-state index contributed by atoms with van der Waals surface area (Å²) in [5.41, 5.74) is 4.59. The standard InChI is InChI=1S/C20H23N5O/c1-23-13-17(12-22-23)11-20(26)24-10-8-19-18(14-24)21-15-25(19)9-7-16-5-3-2-4-6-16/h2-6,12-13,15H,7-11,14H2,1H3. The van der Waals surface area contributed by atoms with Gasteiger partial charge in [0.1, 0.15) is 0 Å². The van der Waals surface area contributed by atoms with Crippen LogP contribution in [0.15, 0.2) is 49.1 Å². The third-order valence-corrected chi connectivity index (χ3v) is 4.94. The summed E-state index contributed by atoms with van der Waals surface area (Å²) in [4.78, 5) is 19.0. The molecule has 0 aliphatic carbocycles. The molecule has 1 aromatic carbocycles. The average Bonchev–Trinajstić information content (AvgIpc) is 3.26. The van der Waals surface area contributed by atoms with Gasteiger partial charge in [0.2, 0.25) is 5.91 Å². The van der Waals surface area contributed by atoms with Gasteiger partial charge in [-0.1, -0.05) is 30.3 Å². The van der Waals surface area contributed by atoms with Crippen molar-refractivity contribution in [1.82, 2.24) is 24.2 Å². The van der Waals surface area contributed by atoms with Crippen molar-refractivity contribution in [3.63, 3.8) is 0 Å². The lowest BCUT2D eigenvalue weighted by atomic mass is 10.1. The zero-order chi connectivity index (χ0) is 17.9. The number of carbonyl (C=O) groups excluding carboxylic acids is 1. The Morgan fingerprint density at radius 2 is 2.04 bits per heavy atom. The lowest BCUT2D eigenvalue weighted by molar-refractivity contribution is -0.131. The Morgan fingerprint density at radius 3 is 2.81 bits per heavy atom. The molecule has 1 aliphatic rings. The fraction of sp³-hybridized carbons (Fsp3) is 0.350. The number of hydrogen-bond acceptors (Lipinski definition) is 3. The van der Waals surface area contributed by atoms with Crippen LogP contribution in [-0.2, 0) is 44.2 Å². The molecule has 0 bridgehead atoms. The first-order valence-corrected chi connectivity index (χ1v) is 9.01. The van der Waals surface area contributed by atoms with Crippen LogP contribution in [0.4, 0.5) is 0 Å². The molecule has 3 heterocycles. The number of amides is 1. The Kier molecular flexibility index (Phi) is 4.56. The zero-order valence-electron chi connectivity index (χ0n) is 15.0. The number of hydrogen-bond donors (Lipinski definition) is 0. The molecule has 0 saturated carbocycles. The molecule has 1 amide bonds. The van der Waals surface area contributed by atoms with Crippen molar-refractivity contribution in [2.24, 2.45) is 7.05 Å². The normalized spacial score (nSPS) is 13.7. The minimum atomic E-state index is 0.141. The summed E-state index contributed by atoms with van der Waals surface area (Å²) in [7, 11) is 1.86. The minimum absolute atomic E-state index is 0.141. The molecule has 1 aliphatic heterocycles. The number of imidazole rings is 1. The molecule has 6 heteroatoms. The van der Waals surface area contributed by atoms with Crippen molar-refractivity contribution < 1.29 is 4.79 Å². The van der Waals surface area contributed by atoms with E-state index in [0.29, 0.717) is 13.0 Å². The fourth-order valence-corrected chi connectivity index (χ4v) is 3.52. The van der Waals surface area contributed by atoms with E-state index in [2.05, 4.69) is 38.9 Å². The molecular weight excluding hydrogens is 326 g/mol. The smallest absolute Gasteiger partial charge is 0.227 e. The van der Waals surface area contributed by atoms with E-state index in [1.165, 1.54) is 11.3 Å². The summed E-state index contributed by atoms with van der Waals surface area (Å²) in [5, 5.41) is 4.13. The molecule has 2 aromatic heterocycles. The first-order valence-electron chi connectivity index (χ1n) is 9.01. The highest BCUT2D eigenvalue weighted by Crippen LogP contribution is 2.19. The number of rotatable bonds is 5. The number of nitrogens with zero attached hydrogens (tertiary/aromatic N) is 5. The number of aromatic nitrogens is 4. The van der Waals surface area contributed by atoms with Crippen LogP contribution in [0.3, 0.4) is 0 Å². The molecule has 0 unspecified atom stereocenters. The molecule has 0 spiro atoms. The number of carbonyl (C=O) groups is 1. The van der Waals surface area contributed by atoms with Crippen molar-refractivity contribution in [3.8, 4) is 0 Å². The topological polar surface area (TPSA) is 56.0 Å². The van der Waals surface area contributed by atoms with E-state index in [1.807, 2.05) is 30.5 Å². The molecule has 0 radical (unpaired) electrons. The summed E-state index contributed by atoms with van der Waals surface area (Å²) in [5.74, 6) is 0.141. The third kappa shape index (κ3) is 3.54. The second-order valence-electron chi connectivity index (χ2n) is 6.83. The Labute approximate surface area is 153 Å². The molecule has 0 saturated heterocycles. The van der Waals surface area contributed by atoms with Crippen molar-refractivity contribution in [1.29, 1.82) is 0 Å². The second-order valence-corrected chi connectivity index (χ2v) is 6.83. The van der Waals surface area contributed by atoms with E-state index in [9.17, 15) is 4.79 Å². The van der Waals surface area contributed by atoms with Crippen LogP contribution in [0.5, 0.6) is 0 Å². The van der Waals surface area contributed by atoms with Gasteiger partial charge < -0.3 is 9.47 Å². The van der Waals surface area contributed by atoms with Crippen LogP contribution < -0.4 is 0 Å². The molecule has 3 aromatic rings. The molecule has 0 fully saturated rings. The monoisotopic (exact) mass is 349 g/mol. The first-order chi connectivity index (χ1) is 12.7. The van der Waals surface area contributed by atoms with Crippen LogP contribution in [0, 0.1) is 0 Å². The van der Waals surface area contributed by atoms with Gasteiger partial charge in [0.25, 0.3) is 0 Å². The zero-order valence-corrected chi connectivity index (χ0v) is 15.0. The number of aryl methyl sites for hydroxylation is 3. The summed E-state index contributed by atoms with van der Waals surface area (Å²) in [6.45, 7) is 2.28. The predicted octanol–water partition coefficient (Wildman–Crippen LogP) is 1.99. The Bertz CT molecular complexity index is 896. The molecule has 4 rings (SSSR count). The quantitative estimate of drug-likeness (QED) is 0.708. The van der Waals surface area contributed by atoms with Gasteiger partial charge in [-0.05, 0) is 17.5 Å². The summed E-state index contributed by atoms with van der Waals surface area (Å²) >= 11 is 0. The van der Waals surface area contributed by atoms with Gasteiger partial charge >= 0.3 is 0 Å². The maximum atomic E-state index is 12.6. The summed E-state index contributed by atoms with van der Waals surface area (Å²) in [6.07, 6.45) is 7.83. The average molecular weight is 349 g/mol. The van der Waals surface area contributed by atoms with Gasteiger partial charge in [-0.25, -0.2) is 4.98 Å². The lowest BCUT2D eigenvalue weighted by Crippen LogP contribution is -2.37. The highest BCUT2D eigenvalue weighted by Gasteiger charge is 2.24. The van der Waals surface area contributed by atoms with Crippen LogP contribution >= 0.6 is 0 Å². The Hall–Kier alpha value is -2.89. The van der Waals surface area contributed by atoms with E-state index in [-0.39, 0.29) is 5.91 Å². The van der Waals surface area contributed by atoms with Gasteiger partial charge in [-0.2, -0.15) is 5.10 Å². The highest BCUT2D eigenvalue weighted by atomic mass is 16.2. The van der Waals surface area contributed by atoms with Crippen molar-refractivity contribution in [2.45, 2.75) is 32.4 Å². The van der Waals surface area contributed by atoms with E-state index >= 15 is 0 Å². The molecule has 6 nitrogen and oxygen atoms in total. The third-order valence-electron chi connectivity index (χ3n) is 4.94. The van der Waals surface area contributed by atoms with Gasteiger partial charge in [-0.3, -0.25) is 9.48 Å². The minimum Gasteiger partial charge on any atom is -0.336 e. The molecule has 134 valence electrons. The van der Waals surface area contributed by atoms with E-state index in [1.54, 1.807) is 10.9 Å². The fourth-order valence-electron chi connectivity index (χ4n) is 3.52. The van der Waals surface area contributed by atoms with Crippen LogP contribution in [0.25, 0.3) is 0 Å². The van der Waals surface area contributed by atoms with E-state index in [4.69, 9.17) is 0 Å². The summed E-state index contributed by atoms with van der Waals surface area (Å²) < 4.78 is 3.97. The number of fused-ring (bicyclic) bond motifs is 1. The molecular formula is C20H23N5O. The molecule has 0 atom stereocenters. The van der Waals surface area contributed by atoms with Gasteiger partial charge in [0.05, 0.1) is 31.2 Å². The van der Waals surface area contributed by atoms with Gasteiger partial charge in [-0.15, -0.1) is 0 Å². The van der Waals surface area contributed by atoms with Crippen molar-refractivity contribution in [3.05, 3.63) is 71.6 Å². The molecule has 26 heavy (non-hydrogen) atoms. The van der Waals surface area contributed by atoms with Crippen molar-refractivity contribution >= 4 is 5.91 Å². The molecule has 0 N–H and O–H groups in total. The summed E-state index contributed by atoms with van der Waals surface area (Å²) in [6, 6.07) is 10.5. The predicted molar refractivity (Wildman–Crippen MR) is 98.4 cm³/mol. The maximum absolute atomic E-state index is 12.6. The largest absolute Gasteiger partial charge is 0.336 e. The SMILES string of the molecule is Cn1cc(CC(=O)N2CCc3c(ncn3CCc3ccccc3)C2)cn1.